The number of esters is 1. The maximum absolute atomic E-state index is 12.7. The molecule has 0 saturated heterocycles. The van der Waals surface area contributed by atoms with Gasteiger partial charge < -0.3 is 9.84 Å². The van der Waals surface area contributed by atoms with Crippen molar-refractivity contribution in [2.45, 2.75) is 18.2 Å². The average molecular weight is 310 g/mol. The summed E-state index contributed by atoms with van der Waals surface area (Å²) in [5.41, 5.74) is -0.374. The normalized spacial score (nSPS) is 10.6. The van der Waals surface area contributed by atoms with Gasteiger partial charge in [0.05, 0.1) is 19.2 Å². The molecule has 0 aliphatic carbocycles. The van der Waals surface area contributed by atoms with Crippen LogP contribution in [0.3, 0.4) is 0 Å². The van der Waals surface area contributed by atoms with Crippen LogP contribution in [-0.4, -0.2) is 23.2 Å². The predicted molar refractivity (Wildman–Crippen MR) is 59.2 cm³/mol. The fourth-order valence-corrected chi connectivity index (χ4v) is 1.68. The minimum Gasteiger partial charge on any atom is -0.506 e. The lowest BCUT2D eigenvalue weighted by Crippen LogP contribution is -2.09. The Bertz CT molecular complexity index is 426. The van der Waals surface area contributed by atoms with Crippen LogP contribution in [0.1, 0.15) is 23.4 Å². The number of hydrogen-bond donors (Lipinski definition) is 1. The van der Waals surface area contributed by atoms with Crippen molar-refractivity contribution in [2.75, 3.05) is 7.11 Å². The number of hydrogen-bond acceptors (Lipinski definition) is 4. The van der Waals surface area contributed by atoms with Gasteiger partial charge in [-0.2, -0.15) is 0 Å². The summed E-state index contributed by atoms with van der Waals surface area (Å²) in [4.78, 5) is 14.6. The standard InChI is InChI=1S/C10H10BrF2NO3/c1-17-8(16)3-6-7(15)2-5(4-11)9(14-6)10(12)13/h2,10,15H,3-4H2,1H3. The summed E-state index contributed by atoms with van der Waals surface area (Å²) in [7, 11) is 1.17. The molecule has 0 amide bonds. The number of aromatic hydroxyl groups is 1. The summed E-state index contributed by atoms with van der Waals surface area (Å²) < 4.78 is 29.7. The van der Waals surface area contributed by atoms with Crippen LogP contribution in [0.15, 0.2) is 6.07 Å². The van der Waals surface area contributed by atoms with Gasteiger partial charge in [-0.1, -0.05) is 15.9 Å². The molecule has 0 radical (unpaired) electrons. The van der Waals surface area contributed by atoms with Crippen molar-refractivity contribution in [3.05, 3.63) is 23.0 Å². The highest BCUT2D eigenvalue weighted by Gasteiger charge is 2.19. The monoisotopic (exact) mass is 309 g/mol. The van der Waals surface area contributed by atoms with Crippen LogP contribution in [0.2, 0.25) is 0 Å². The molecule has 1 heterocycles. The SMILES string of the molecule is COC(=O)Cc1nc(C(F)F)c(CBr)cc1O. The number of aromatic nitrogens is 1. The van der Waals surface area contributed by atoms with Gasteiger partial charge >= 0.3 is 5.97 Å². The van der Waals surface area contributed by atoms with Gasteiger partial charge in [-0.15, -0.1) is 0 Å². The summed E-state index contributed by atoms with van der Waals surface area (Å²) >= 11 is 3.02. The van der Waals surface area contributed by atoms with E-state index in [2.05, 4.69) is 25.7 Å². The largest absolute Gasteiger partial charge is 0.506 e. The Labute approximate surface area is 105 Å². The molecule has 0 bridgehead atoms. The zero-order valence-corrected chi connectivity index (χ0v) is 10.5. The first-order valence-electron chi connectivity index (χ1n) is 4.62. The van der Waals surface area contributed by atoms with Crippen molar-refractivity contribution in [1.82, 2.24) is 4.98 Å². The van der Waals surface area contributed by atoms with Crippen molar-refractivity contribution in [2.24, 2.45) is 0 Å². The second kappa shape index (κ2) is 5.90. The molecule has 0 fully saturated rings. The summed E-state index contributed by atoms with van der Waals surface area (Å²) in [6.45, 7) is 0. The quantitative estimate of drug-likeness (QED) is 0.685. The van der Waals surface area contributed by atoms with Gasteiger partial charge in [0.15, 0.2) is 0 Å². The molecule has 0 atom stereocenters. The number of carbonyl (C=O) groups is 1. The van der Waals surface area contributed by atoms with E-state index in [1.807, 2.05) is 0 Å². The minimum atomic E-state index is -2.76. The number of ether oxygens (including phenoxy) is 1. The molecule has 0 aromatic carbocycles. The van der Waals surface area contributed by atoms with Crippen LogP contribution in [0, 0.1) is 0 Å². The second-order valence-electron chi connectivity index (χ2n) is 3.19. The summed E-state index contributed by atoms with van der Waals surface area (Å²) in [5.74, 6) is -0.950. The van der Waals surface area contributed by atoms with E-state index in [-0.39, 0.29) is 28.8 Å². The van der Waals surface area contributed by atoms with Crippen LogP contribution in [-0.2, 0) is 21.3 Å². The first-order chi connectivity index (χ1) is 7.99. The fraction of sp³-hybridized carbons (Fsp3) is 0.400. The lowest BCUT2D eigenvalue weighted by atomic mass is 10.1. The van der Waals surface area contributed by atoms with E-state index >= 15 is 0 Å². The maximum atomic E-state index is 12.7. The molecule has 0 saturated carbocycles. The molecule has 0 spiro atoms. The molecule has 4 nitrogen and oxygen atoms in total. The van der Waals surface area contributed by atoms with E-state index in [0.29, 0.717) is 0 Å². The third-order valence-corrected chi connectivity index (χ3v) is 2.69. The van der Waals surface area contributed by atoms with Crippen molar-refractivity contribution in [3.8, 4) is 5.75 Å². The van der Waals surface area contributed by atoms with E-state index in [4.69, 9.17) is 0 Å². The van der Waals surface area contributed by atoms with Crippen LogP contribution in [0.5, 0.6) is 5.75 Å². The molecule has 1 rings (SSSR count). The van der Waals surface area contributed by atoms with Crippen molar-refractivity contribution < 1.29 is 23.4 Å². The molecule has 0 unspecified atom stereocenters. The first-order valence-corrected chi connectivity index (χ1v) is 5.74. The Morgan fingerprint density at radius 1 is 1.65 bits per heavy atom. The predicted octanol–water partition coefficient (Wildman–Crippen LogP) is 2.34. The van der Waals surface area contributed by atoms with E-state index in [9.17, 15) is 18.7 Å². The van der Waals surface area contributed by atoms with E-state index in [0.717, 1.165) is 0 Å². The van der Waals surface area contributed by atoms with Gasteiger partial charge in [0, 0.05) is 5.33 Å². The van der Waals surface area contributed by atoms with Crippen LogP contribution in [0.25, 0.3) is 0 Å². The maximum Gasteiger partial charge on any atom is 0.311 e. The Morgan fingerprint density at radius 2 is 2.29 bits per heavy atom. The Balaban J connectivity index is 3.15. The third kappa shape index (κ3) is 3.36. The Kier molecular flexibility index (Phi) is 4.80. The molecule has 94 valence electrons. The zero-order valence-electron chi connectivity index (χ0n) is 8.91. The first kappa shape index (κ1) is 13.8. The lowest BCUT2D eigenvalue weighted by molar-refractivity contribution is -0.139. The highest BCUT2D eigenvalue weighted by molar-refractivity contribution is 9.08. The van der Waals surface area contributed by atoms with Crippen molar-refractivity contribution >= 4 is 21.9 Å². The molecule has 0 aliphatic rings. The van der Waals surface area contributed by atoms with Gasteiger partial charge in [0.2, 0.25) is 0 Å². The topological polar surface area (TPSA) is 59.4 Å². The molecule has 1 aromatic rings. The second-order valence-corrected chi connectivity index (χ2v) is 3.75. The number of pyridine rings is 1. The zero-order chi connectivity index (χ0) is 13.0. The highest BCUT2D eigenvalue weighted by atomic mass is 79.9. The summed E-state index contributed by atoms with van der Waals surface area (Å²) in [6.07, 6.45) is -3.11. The molecular formula is C10H10BrF2NO3. The van der Waals surface area contributed by atoms with E-state index in [1.54, 1.807) is 0 Å². The number of carbonyl (C=O) groups excluding carboxylic acids is 1. The van der Waals surface area contributed by atoms with Gasteiger partial charge in [-0.25, -0.2) is 13.8 Å². The Morgan fingerprint density at radius 3 is 2.76 bits per heavy atom. The Hall–Kier alpha value is -1.24. The van der Waals surface area contributed by atoms with Crippen molar-refractivity contribution in [3.63, 3.8) is 0 Å². The smallest absolute Gasteiger partial charge is 0.311 e. The molecule has 17 heavy (non-hydrogen) atoms. The molecular weight excluding hydrogens is 300 g/mol. The van der Waals surface area contributed by atoms with Gasteiger partial charge in [0.1, 0.15) is 11.4 Å². The number of nitrogens with zero attached hydrogens (tertiary/aromatic N) is 1. The van der Waals surface area contributed by atoms with E-state index in [1.165, 1.54) is 13.2 Å². The summed E-state index contributed by atoms with van der Waals surface area (Å²) in [6, 6.07) is 1.17. The molecule has 7 heteroatoms. The van der Waals surface area contributed by atoms with Gasteiger partial charge in [-0.05, 0) is 11.6 Å². The van der Waals surface area contributed by atoms with Crippen LogP contribution in [0.4, 0.5) is 8.78 Å². The van der Waals surface area contributed by atoms with E-state index < -0.39 is 18.1 Å². The van der Waals surface area contributed by atoms with Crippen LogP contribution < -0.4 is 0 Å². The minimum absolute atomic E-state index is 0.114. The molecule has 1 N–H and O–H groups in total. The number of methoxy groups -OCH3 is 1. The highest BCUT2D eigenvalue weighted by Crippen LogP contribution is 2.28. The number of rotatable bonds is 4. The van der Waals surface area contributed by atoms with Crippen LogP contribution >= 0.6 is 15.9 Å². The number of halogens is 3. The number of alkyl halides is 3. The average Bonchev–Trinajstić information content (AvgIpc) is 2.30. The van der Waals surface area contributed by atoms with Crippen molar-refractivity contribution in [1.29, 1.82) is 0 Å². The lowest BCUT2D eigenvalue weighted by Gasteiger charge is -2.10. The third-order valence-electron chi connectivity index (χ3n) is 2.08. The summed E-state index contributed by atoms with van der Waals surface area (Å²) in [5, 5.41) is 9.68. The fourth-order valence-electron chi connectivity index (χ4n) is 1.23. The molecule has 0 aliphatic heterocycles. The van der Waals surface area contributed by atoms with Gasteiger partial charge in [-0.3, -0.25) is 4.79 Å². The van der Waals surface area contributed by atoms with Gasteiger partial charge in [0.25, 0.3) is 6.43 Å². The molecule has 1 aromatic heterocycles.